The van der Waals surface area contributed by atoms with Crippen LogP contribution in [0.4, 0.5) is 0 Å². The fraction of sp³-hybridized carbons (Fsp3) is 0.500. The van der Waals surface area contributed by atoms with Gasteiger partial charge in [0, 0.05) is 18.6 Å². The first-order valence-electron chi connectivity index (χ1n) is 6.03. The number of carbonyl (C=O) groups excluding carboxylic acids is 1. The van der Waals surface area contributed by atoms with E-state index in [2.05, 4.69) is 6.92 Å². The van der Waals surface area contributed by atoms with E-state index < -0.39 is 0 Å². The Bertz CT molecular complexity index is 330. The maximum atomic E-state index is 11.8. The lowest BCUT2D eigenvalue weighted by Crippen LogP contribution is -2.05. The van der Waals surface area contributed by atoms with Crippen LogP contribution >= 0.6 is 0 Å². The molecule has 0 amide bonds. The highest BCUT2D eigenvalue weighted by atomic mass is 16.5. The highest BCUT2D eigenvalue weighted by Gasteiger charge is 2.05. The molecule has 0 saturated heterocycles. The third-order valence-corrected chi connectivity index (χ3v) is 2.53. The SMILES string of the molecule is CCCCOCCC(=O)c1ccc(OC)cc1. The van der Waals surface area contributed by atoms with Gasteiger partial charge < -0.3 is 9.47 Å². The van der Waals surface area contributed by atoms with E-state index in [4.69, 9.17) is 9.47 Å². The highest BCUT2D eigenvalue weighted by molar-refractivity contribution is 5.96. The van der Waals surface area contributed by atoms with E-state index in [1.807, 2.05) is 0 Å². The predicted octanol–water partition coefficient (Wildman–Crippen LogP) is 3.08. The fourth-order valence-electron chi connectivity index (χ4n) is 1.43. The van der Waals surface area contributed by atoms with Gasteiger partial charge in [-0.2, -0.15) is 0 Å². The Hall–Kier alpha value is -1.35. The first-order valence-corrected chi connectivity index (χ1v) is 6.03. The third kappa shape index (κ3) is 5.00. The third-order valence-electron chi connectivity index (χ3n) is 2.53. The van der Waals surface area contributed by atoms with Crippen LogP contribution in [0, 0.1) is 0 Å². The van der Waals surface area contributed by atoms with Gasteiger partial charge in [0.1, 0.15) is 5.75 Å². The topological polar surface area (TPSA) is 35.5 Å². The number of Topliss-reactive ketones (excluding diaryl/α,β-unsaturated/α-hetero) is 1. The molecule has 0 bridgehead atoms. The summed E-state index contributed by atoms with van der Waals surface area (Å²) in [6.45, 7) is 3.36. The Balaban J connectivity index is 2.31. The molecule has 0 aliphatic heterocycles. The van der Waals surface area contributed by atoms with Crippen LogP contribution in [0.15, 0.2) is 24.3 Å². The van der Waals surface area contributed by atoms with Gasteiger partial charge in [0.05, 0.1) is 13.7 Å². The highest BCUT2D eigenvalue weighted by Crippen LogP contribution is 2.12. The van der Waals surface area contributed by atoms with Crippen molar-refractivity contribution in [2.75, 3.05) is 20.3 Å². The Morgan fingerprint density at radius 2 is 1.88 bits per heavy atom. The van der Waals surface area contributed by atoms with E-state index in [9.17, 15) is 4.79 Å². The number of ketones is 1. The molecule has 1 aromatic carbocycles. The predicted molar refractivity (Wildman–Crippen MR) is 67.7 cm³/mol. The number of hydrogen-bond acceptors (Lipinski definition) is 3. The van der Waals surface area contributed by atoms with E-state index in [-0.39, 0.29) is 5.78 Å². The molecule has 0 aliphatic carbocycles. The van der Waals surface area contributed by atoms with Gasteiger partial charge in [-0.25, -0.2) is 0 Å². The number of unbranched alkanes of at least 4 members (excludes halogenated alkanes) is 1. The van der Waals surface area contributed by atoms with Crippen LogP contribution in [-0.4, -0.2) is 26.1 Å². The monoisotopic (exact) mass is 236 g/mol. The molecule has 0 radical (unpaired) electrons. The molecule has 0 unspecified atom stereocenters. The van der Waals surface area contributed by atoms with Gasteiger partial charge in [-0.05, 0) is 30.7 Å². The Kier molecular flexibility index (Phi) is 6.33. The maximum absolute atomic E-state index is 11.8. The van der Waals surface area contributed by atoms with Crippen molar-refractivity contribution in [3.05, 3.63) is 29.8 Å². The van der Waals surface area contributed by atoms with Crippen LogP contribution in [0.1, 0.15) is 36.5 Å². The average Bonchev–Trinajstić information content (AvgIpc) is 2.38. The summed E-state index contributed by atoms with van der Waals surface area (Å²) in [7, 11) is 1.61. The van der Waals surface area contributed by atoms with E-state index in [0.717, 1.165) is 25.2 Å². The molecule has 0 atom stereocenters. The van der Waals surface area contributed by atoms with Crippen LogP contribution in [0.25, 0.3) is 0 Å². The second-order valence-electron chi connectivity index (χ2n) is 3.87. The van der Waals surface area contributed by atoms with Crippen molar-refractivity contribution >= 4 is 5.78 Å². The molecular weight excluding hydrogens is 216 g/mol. The lowest BCUT2D eigenvalue weighted by atomic mass is 10.1. The van der Waals surface area contributed by atoms with E-state index in [1.54, 1.807) is 31.4 Å². The van der Waals surface area contributed by atoms with E-state index >= 15 is 0 Å². The van der Waals surface area contributed by atoms with Crippen molar-refractivity contribution in [1.82, 2.24) is 0 Å². The molecule has 1 aromatic rings. The van der Waals surface area contributed by atoms with Crippen molar-refractivity contribution in [3.8, 4) is 5.75 Å². The van der Waals surface area contributed by atoms with Gasteiger partial charge >= 0.3 is 0 Å². The molecule has 17 heavy (non-hydrogen) atoms. The number of ether oxygens (including phenoxy) is 2. The number of benzene rings is 1. The second kappa shape index (κ2) is 7.85. The Labute approximate surface area is 103 Å². The van der Waals surface area contributed by atoms with E-state index in [1.165, 1.54) is 0 Å². The van der Waals surface area contributed by atoms with Gasteiger partial charge in [0.2, 0.25) is 0 Å². The summed E-state index contributed by atoms with van der Waals surface area (Å²) in [4.78, 5) is 11.8. The minimum Gasteiger partial charge on any atom is -0.497 e. The zero-order chi connectivity index (χ0) is 12.5. The quantitative estimate of drug-likeness (QED) is 0.514. The molecule has 0 heterocycles. The van der Waals surface area contributed by atoms with Gasteiger partial charge in [-0.1, -0.05) is 13.3 Å². The molecule has 0 spiro atoms. The Morgan fingerprint density at radius 1 is 1.18 bits per heavy atom. The van der Waals surface area contributed by atoms with Crippen LogP contribution in [0.5, 0.6) is 5.75 Å². The van der Waals surface area contributed by atoms with Crippen LogP contribution in [0.3, 0.4) is 0 Å². The molecule has 0 N–H and O–H groups in total. The van der Waals surface area contributed by atoms with Crippen LogP contribution in [-0.2, 0) is 4.74 Å². The van der Waals surface area contributed by atoms with Gasteiger partial charge in [0.15, 0.2) is 5.78 Å². The molecule has 3 nitrogen and oxygen atoms in total. The van der Waals surface area contributed by atoms with Crippen molar-refractivity contribution in [2.24, 2.45) is 0 Å². The number of methoxy groups -OCH3 is 1. The summed E-state index contributed by atoms with van der Waals surface area (Å²) in [5.41, 5.74) is 0.713. The summed E-state index contributed by atoms with van der Waals surface area (Å²) >= 11 is 0. The zero-order valence-corrected chi connectivity index (χ0v) is 10.6. The average molecular weight is 236 g/mol. The van der Waals surface area contributed by atoms with Crippen LogP contribution in [0.2, 0.25) is 0 Å². The summed E-state index contributed by atoms with van der Waals surface area (Å²) < 4.78 is 10.4. The molecule has 0 aliphatic rings. The normalized spacial score (nSPS) is 10.2. The molecule has 94 valence electrons. The van der Waals surface area contributed by atoms with Crippen molar-refractivity contribution in [2.45, 2.75) is 26.2 Å². The zero-order valence-electron chi connectivity index (χ0n) is 10.6. The first kappa shape index (κ1) is 13.7. The van der Waals surface area contributed by atoms with Crippen LogP contribution < -0.4 is 4.74 Å². The Morgan fingerprint density at radius 3 is 2.47 bits per heavy atom. The summed E-state index contributed by atoms with van der Waals surface area (Å²) in [6.07, 6.45) is 2.61. The second-order valence-corrected chi connectivity index (χ2v) is 3.87. The summed E-state index contributed by atoms with van der Waals surface area (Å²) in [5, 5.41) is 0. The summed E-state index contributed by atoms with van der Waals surface area (Å²) in [5.74, 6) is 0.880. The molecule has 0 saturated carbocycles. The molecule has 1 rings (SSSR count). The minimum atomic E-state index is 0.115. The maximum Gasteiger partial charge on any atom is 0.165 e. The molecule has 3 heteroatoms. The van der Waals surface area contributed by atoms with Crippen molar-refractivity contribution in [3.63, 3.8) is 0 Å². The van der Waals surface area contributed by atoms with Gasteiger partial charge in [0.25, 0.3) is 0 Å². The molecule has 0 aromatic heterocycles. The lowest BCUT2D eigenvalue weighted by Gasteiger charge is -2.04. The number of rotatable bonds is 8. The standard InChI is InChI=1S/C14H20O3/c1-3-4-10-17-11-9-14(15)12-5-7-13(16-2)8-6-12/h5-8H,3-4,9-11H2,1-2H3. The number of hydrogen-bond donors (Lipinski definition) is 0. The van der Waals surface area contributed by atoms with Gasteiger partial charge in [-0.3, -0.25) is 4.79 Å². The largest absolute Gasteiger partial charge is 0.497 e. The smallest absolute Gasteiger partial charge is 0.165 e. The van der Waals surface area contributed by atoms with E-state index in [0.29, 0.717) is 18.6 Å². The fourth-order valence-corrected chi connectivity index (χ4v) is 1.43. The van der Waals surface area contributed by atoms with Gasteiger partial charge in [-0.15, -0.1) is 0 Å². The molecule has 0 fully saturated rings. The van der Waals surface area contributed by atoms with Crippen molar-refractivity contribution in [1.29, 1.82) is 0 Å². The lowest BCUT2D eigenvalue weighted by molar-refractivity contribution is 0.0873. The minimum absolute atomic E-state index is 0.115. The molecular formula is C14H20O3. The van der Waals surface area contributed by atoms with Crippen molar-refractivity contribution < 1.29 is 14.3 Å². The number of carbonyl (C=O) groups is 1. The summed E-state index contributed by atoms with van der Waals surface area (Å²) in [6, 6.07) is 7.16. The first-order chi connectivity index (χ1) is 8.27.